The van der Waals surface area contributed by atoms with Gasteiger partial charge in [-0.1, -0.05) is 25.1 Å². The number of carbonyl (C=O) groups excluding carboxylic acids is 2. The second-order valence-corrected chi connectivity index (χ2v) is 7.44. The molecule has 0 radical (unpaired) electrons. The van der Waals surface area contributed by atoms with Gasteiger partial charge < -0.3 is 15.4 Å². The number of nitrogens with zero attached hydrogens (tertiary/aromatic N) is 2. The minimum atomic E-state index is -0.405. The lowest BCUT2D eigenvalue weighted by atomic mass is 10.1. The Morgan fingerprint density at radius 2 is 1.74 bits per heavy atom. The Morgan fingerprint density at radius 1 is 1.06 bits per heavy atom. The minimum absolute atomic E-state index is 0.164. The first-order valence-corrected chi connectivity index (χ1v) is 10.4. The van der Waals surface area contributed by atoms with Gasteiger partial charge in [-0.2, -0.15) is 5.10 Å². The summed E-state index contributed by atoms with van der Waals surface area (Å²) in [5, 5.41) is 10.9. The Kier molecular flexibility index (Phi) is 6.08. The third kappa shape index (κ3) is 4.49. The number of carbonyl (C=O) groups is 2. The number of amides is 2. The van der Waals surface area contributed by atoms with Crippen molar-refractivity contribution in [2.24, 2.45) is 0 Å². The minimum Gasteiger partial charge on any atom is -0.368 e. The molecule has 31 heavy (non-hydrogen) atoms. The molecule has 8 heteroatoms. The molecule has 2 aromatic carbocycles. The van der Waals surface area contributed by atoms with Crippen LogP contribution in [0.4, 0.5) is 11.4 Å². The lowest BCUT2D eigenvalue weighted by Crippen LogP contribution is -2.27. The smallest absolute Gasteiger partial charge is 0.276 e. The van der Waals surface area contributed by atoms with E-state index < -0.39 is 12.0 Å². The van der Waals surface area contributed by atoms with Gasteiger partial charge in [0.15, 0.2) is 5.69 Å². The molecule has 1 fully saturated rings. The highest BCUT2D eigenvalue weighted by molar-refractivity contribution is 6.11. The predicted octanol–water partition coefficient (Wildman–Crippen LogP) is 3.18. The predicted molar refractivity (Wildman–Crippen MR) is 118 cm³/mol. The van der Waals surface area contributed by atoms with Crippen LogP contribution in [0.1, 0.15) is 36.7 Å². The highest BCUT2D eigenvalue weighted by atomic mass is 16.5. The Hall–Kier alpha value is -3.52. The third-order valence-electron chi connectivity index (χ3n) is 5.15. The third-order valence-corrected chi connectivity index (χ3v) is 5.15. The molecule has 3 aromatic rings. The van der Waals surface area contributed by atoms with Crippen LogP contribution in [0.25, 0.3) is 10.8 Å². The number of hydrogen-bond donors (Lipinski definition) is 2. The molecule has 4 rings (SSSR count). The van der Waals surface area contributed by atoms with Gasteiger partial charge >= 0.3 is 0 Å². The summed E-state index contributed by atoms with van der Waals surface area (Å²) in [5.74, 6) is -0.569. The van der Waals surface area contributed by atoms with Gasteiger partial charge in [0.1, 0.15) is 6.10 Å². The van der Waals surface area contributed by atoms with E-state index in [1.165, 1.54) is 4.68 Å². The largest absolute Gasteiger partial charge is 0.368 e. The molecule has 160 valence electrons. The molecule has 1 aliphatic heterocycles. The van der Waals surface area contributed by atoms with E-state index in [1.54, 1.807) is 48.5 Å². The molecule has 2 N–H and O–H groups in total. The maximum atomic E-state index is 13.0. The SMILES string of the molecule is CCCn1nc(C(=O)Nc2ccc(NC(=O)[C@@H]3CCCO3)cc2)c2ccccc2c1=O. The van der Waals surface area contributed by atoms with Crippen LogP contribution in [0.2, 0.25) is 0 Å². The van der Waals surface area contributed by atoms with Crippen molar-refractivity contribution in [2.45, 2.75) is 38.8 Å². The van der Waals surface area contributed by atoms with Crippen LogP contribution >= 0.6 is 0 Å². The summed E-state index contributed by atoms with van der Waals surface area (Å²) in [4.78, 5) is 37.7. The summed E-state index contributed by atoms with van der Waals surface area (Å²) in [6, 6.07) is 13.8. The molecule has 1 aliphatic rings. The highest BCUT2D eigenvalue weighted by Gasteiger charge is 2.23. The van der Waals surface area contributed by atoms with Crippen LogP contribution in [-0.4, -0.2) is 34.3 Å². The standard InChI is InChI=1S/C23H24N4O4/c1-2-13-27-23(30)18-7-4-3-6-17(18)20(26-27)22(29)25-16-11-9-15(10-12-16)24-21(28)19-8-5-14-31-19/h3-4,6-7,9-12,19H,2,5,8,13-14H2,1H3,(H,24,28)(H,25,29)/t19-/m0/s1. The summed E-state index contributed by atoms with van der Waals surface area (Å²) in [5.41, 5.74) is 1.16. The number of benzene rings is 2. The van der Waals surface area contributed by atoms with Crippen LogP contribution in [0, 0.1) is 0 Å². The van der Waals surface area contributed by atoms with Gasteiger partial charge in [0.2, 0.25) is 0 Å². The van der Waals surface area contributed by atoms with Crippen molar-refractivity contribution in [3.8, 4) is 0 Å². The van der Waals surface area contributed by atoms with Crippen molar-refractivity contribution in [1.29, 1.82) is 0 Å². The van der Waals surface area contributed by atoms with Crippen molar-refractivity contribution in [2.75, 3.05) is 17.2 Å². The summed E-state index contributed by atoms with van der Waals surface area (Å²) in [7, 11) is 0. The zero-order valence-corrected chi connectivity index (χ0v) is 17.3. The average molecular weight is 420 g/mol. The van der Waals surface area contributed by atoms with Gasteiger partial charge in [-0.3, -0.25) is 14.4 Å². The lowest BCUT2D eigenvalue weighted by Gasteiger charge is -2.12. The second kappa shape index (κ2) is 9.09. The number of ether oxygens (including phenoxy) is 1. The topological polar surface area (TPSA) is 102 Å². The average Bonchev–Trinajstić information content (AvgIpc) is 3.32. The van der Waals surface area contributed by atoms with E-state index >= 15 is 0 Å². The zero-order valence-electron chi connectivity index (χ0n) is 17.3. The molecule has 0 unspecified atom stereocenters. The maximum absolute atomic E-state index is 13.0. The molecular weight excluding hydrogens is 396 g/mol. The number of aryl methyl sites for hydroxylation is 1. The first-order chi connectivity index (χ1) is 15.1. The van der Waals surface area contributed by atoms with Gasteiger partial charge in [0, 0.05) is 29.9 Å². The van der Waals surface area contributed by atoms with Crippen LogP contribution in [-0.2, 0) is 16.1 Å². The van der Waals surface area contributed by atoms with E-state index in [-0.39, 0.29) is 17.2 Å². The molecular formula is C23H24N4O4. The van der Waals surface area contributed by atoms with E-state index in [0.717, 1.165) is 19.3 Å². The molecule has 1 atom stereocenters. The highest BCUT2D eigenvalue weighted by Crippen LogP contribution is 2.19. The first kappa shape index (κ1) is 20.7. The van der Waals surface area contributed by atoms with E-state index in [2.05, 4.69) is 15.7 Å². The van der Waals surface area contributed by atoms with Crippen molar-refractivity contribution >= 4 is 34.0 Å². The van der Waals surface area contributed by atoms with E-state index in [1.807, 2.05) is 6.92 Å². The Bertz CT molecular complexity index is 1160. The molecule has 0 bridgehead atoms. The van der Waals surface area contributed by atoms with E-state index in [4.69, 9.17) is 4.74 Å². The normalized spacial score (nSPS) is 15.7. The lowest BCUT2D eigenvalue weighted by molar-refractivity contribution is -0.124. The second-order valence-electron chi connectivity index (χ2n) is 7.44. The summed E-state index contributed by atoms with van der Waals surface area (Å²) in [6.45, 7) is 2.99. The number of nitrogens with one attached hydrogen (secondary N) is 2. The Morgan fingerprint density at radius 3 is 2.39 bits per heavy atom. The van der Waals surface area contributed by atoms with Gasteiger partial charge in [-0.25, -0.2) is 4.68 Å². The molecule has 0 spiro atoms. The molecule has 2 amide bonds. The molecule has 1 saturated heterocycles. The molecule has 2 heterocycles. The number of fused-ring (bicyclic) bond motifs is 1. The van der Waals surface area contributed by atoms with Gasteiger partial charge in [-0.15, -0.1) is 0 Å². The fourth-order valence-electron chi connectivity index (χ4n) is 3.60. The van der Waals surface area contributed by atoms with Gasteiger partial charge in [-0.05, 0) is 49.6 Å². The van der Waals surface area contributed by atoms with Crippen molar-refractivity contribution < 1.29 is 14.3 Å². The Labute approximate surface area is 179 Å². The number of hydrogen-bond acceptors (Lipinski definition) is 5. The van der Waals surface area contributed by atoms with E-state index in [9.17, 15) is 14.4 Å². The molecule has 0 saturated carbocycles. The molecule has 8 nitrogen and oxygen atoms in total. The summed E-state index contributed by atoms with van der Waals surface area (Å²) in [6.07, 6.45) is 1.93. The summed E-state index contributed by atoms with van der Waals surface area (Å²) >= 11 is 0. The van der Waals surface area contributed by atoms with Crippen LogP contribution < -0.4 is 16.2 Å². The van der Waals surface area contributed by atoms with Crippen molar-refractivity contribution in [3.05, 3.63) is 64.6 Å². The molecule has 1 aromatic heterocycles. The van der Waals surface area contributed by atoms with Crippen LogP contribution in [0.5, 0.6) is 0 Å². The molecule has 0 aliphatic carbocycles. The van der Waals surface area contributed by atoms with Gasteiger partial charge in [0.25, 0.3) is 17.4 Å². The fourth-order valence-corrected chi connectivity index (χ4v) is 3.60. The number of rotatable bonds is 6. The van der Waals surface area contributed by atoms with Gasteiger partial charge in [0.05, 0.1) is 5.39 Å². The van der Waals surface area contributed by atoms with Crippen LogP contribution in [0.3, 0.4) is 0 Å². The van der Waals surface area contributed by atoms with Crippen molar-refractivity contribution in [3.63, 3.8) is 0 Å². The van der Waals surface area contributed by atoms with Crippen LogP contribution in [0.15, 0.2) is 53.3 Å². The fraction of sp³-hybridized carbons (Fsp3) is 0.304. The monoisotopic (exact) mass is 420 g/mol. The summed E-state index contributed by atoms with van der Waals surface area (Å²) < 4.78 is 6.72. The Balaban J connectivity index is 1.53. The number of aromatic nitrogens is 2. The van der Waals surface area contributed by atoms with E-state index in [0.29, 0.717) is 35.3 Å². The zero-order chi connectivity index (χ0) is 21.8. The van der Waals surface area contributed by atoms with Crippen molar-refractivity contribution in [1.82, 2.24) is 9.78 Å². The first-order valence-electron chi connectivity index (χ1n) is 10.4. The number of anilines is 2. The maximum Gasteiger partial charge on any atom is 0.276 e. The quantitative estimate of drug-likeness (QED) is 0.638.